The summed E-state index contributed by atoms with van der Waals surface area (Å²) in [6, 6.07) is 6.39. The average Bonchev–Trinajstić information content (AvgIpc) is 3.18. The lowest BCUT2D eigenvalue weighted by molar-refractivity contribution is -0.119. The van der Waals surface area contributed by atoms with E-state index in [0.717, 1.165) is 92.5 Å². The van der Waals surface area contributed by atoms with Gasteiger partial charge < -0.3 is 15.0 Å². The Bertz CT molecular complexity index is 1040. The summed E-state index contributed by atoms with van der Waals surface area (Å²) in [6.07, 6.45) is 5.31. The summed E-state index contributed by atoms with van der Waals surface area (Å²) < 4.78 is 7.55. The van der Waals surface area contributed by atoms with Crippen LogP contribution in [-0.4, -0.2) is 58.2 Å². The molecular formula is C23H32N6O2. The van der Waals surface area contributed by atoms with Gasteiger partial charge in [-0.3, -0.25) is 9.20 Å². The first-order valence-electron chi connectivity index (χ1n) is 11.4. The molecule has 2 aromatic heterocycles. The first-order valence-corrected chi connectivity index (χ1v) is 11.4. The molecule has 0 unspecified atom stereocenters. The van der Waals surface area contributed by atoms with Gasteiger partial charge in [0.05, 0.1) is 24.2 Å². The van der Waals surface area contributed by atoms with Gasteiger partial charge in [0.15, 0.2) is 5.82 Å². The minimum atomic E-state index is 0.378. The van der Waals surface area contributed by atoms with Crippen LogP contribution in [0, 0.1) is 6.92 Å². The van der Waals surface area contributed by atoms with Crippen LogP contribution in [0.2, 0.25) is 0 Å². The highest BCUT2D eigenvalue weighted by Gasteiger charge is 2.16. The zero-order valence-corrected chi connectivity index (χ0v) is 18.6. The van der Waals surface area contributed by atoms with E-state index < -0.39 is 0 Å². The van der Waals surface area contributed by atoms with Crippen LogP contribution >= 0.6 is 0 Å². The van der Waals surface area contributed by atoms with Crippen molar-refractivity contribution in [1.82, 2.24) is 19.6 Å². The van der Waals surface area contributed by atoms with Crippen molar-refractivity contribution in [2.75, 3.05) is 43.1 Å². The summed E-state index contributed by atoms with van der Waals surface area (Å²) in [5.41, 5.74) is 3.85. The molecule has 31 heavy (non-hydrogen) atoms. The molecule has 0 amide bonds. The maximum atomic E-state index is 11.7. The van der Waals surface area contributed by atoms with Gasteiger partial charge >= 0.3 is 0 Å². The topological polar surface area (TPSA) is 84.7 Å². The van der Waals surface area contributed by atoms with Gasteiger partial charge in [-0.25, -0.2) is 4.98 Å². The van der Waals surface area contributed by atoms with Crippen LogP contribution in [0.3, 0.4) is 0 Å². The Morgan fingerprint density at radius 2 is 1.97 bits per heavy atom. The van der Waals surface area contributed by atoms with Crippen LogP contribution in [0.15, 0.2) is 18.2 Å². The number of ether oxygens (including phenoxy) is 1. The molecule has 8 nitrogen and oxygen atoms in total. The quantitative estimate of drug-likeness (QED) is 0.496. The Labute approximate surface area is 183 Å². The summed E-state index contributed by atoms with van der Waals surface area (Å²) in [6.45, 7) is 8.11. The van der Waals surface area contributed by atoms with Crippen molar-refractivity contribution >= 4 is 34.0 Å². The number of benzene rings is 1. The Balaban J connectivity index is 1.48. The van der Waals surface area contributed by atoms with E-state index in [2.05, 4.69) is 49.9 Å². The molecule has 0 atom stereocenters. The fourth-order valence-corrected chi connectivity index (χ4v) is 4.14. The summed E-state index contributed by atoms with van der Waals surface area (Å²) in [7, 11) is 0. The van der Waals surface area contributed by atoms with Gasteiger partial charge in [-0.1, -0.05) is 13.3 Å². The number of unbranched alkanes of at least 4 members (excludes halogenated alkanes) is 2. The molecule has 166 valence electrons. The Kier molecular flexibility index (Phi) is 6.96. The molecule has 1 fully saturated rings. The lowest BCUT2D eigenvalue weighted by Crippen LogP contribution is -2.36. The molecule has 3 aromatic rings. The van der Waals surface area contributed by atoms with E-state index in [9.17, 15) is 4.79 Å². The van der Waals surface area contributed by atoms with E-state index in [1.165, 1.54) is 0 Å². The molecule has 1 N–H and O–H groups in total. The van der Waals surface area contributed by atoms with Gasteiger partial charge in [0.2, 0.25) is 5.65 Å². The van der Waals surface area contributed by atoms with Crippen molar-refractivity contribution in [2.24, 2.45) is 0 Å². The number of hydrogen-bond acceptors (Lipinski definition) is 7. The Morgan fingerprint density at radius 1 is 1.13 bits per heavy atom. The molecule has 0 aliphatic carbocycles. The number of carbonyl (C=O) groups is 1. The molecule has 8 heteroatoms. The number of anilines is 2. The third-order valence-corrected chi connectivity index (χ3v) is 5.80. The van der Waals surface area contributed by atoms with Gasteiger partial charge in [0.25, 0.3) is 0 Å². The number of Topliss-reactive ketones (excluding diaryl/α,β-unsaturated/α-hetero) is 1. The minimum absolute atomic E-state index is 0.378. The van der Waals surface area contributed by atoms with Gasteiger partial charge in [-0.15, -0.1) is 10.2 Å². The largest absolute Gasteiger partial charge is 0.378 e. The third kappa shape index (κ3) is 4.95. The second-order valence-corrected chi connectivity index (χ2v) is 8.17. The number of aryl methyl sites for hydroxylation is 1. The van der Waals surface area contributed by atoms with Gasteiger partial charge in [0, 0.05) is 38.2 Å². The van der Waals surface area contributed by atoms with Gasteiger partial charge in [-0.2, -0.15) is 0 Å². The lowest BCUT2D eigenvalue weighted by Gasteiger charge is -2.29. The van der Waals surface area contributed by atoms with E-state index in [4.69, 9.17) is 9.72 Å². The van der Waals surface area contributed by atoms with Gasteiger partial charge in [-0.05, 0) is 44.4 Å². The van der Waals surface area contributed by atoms with Gasteiger partial charge in [0.1, 0.15) is 11.6 Å². The van der Waals surface area contributed by atoms with Crippen LogP contribution in [0.5, 0.6) is 0 Å². The van der Waals surface area contributed by atoms with Crippen molar-refractivity contribution in [3.8, 4) is 0 Å². The number of nitrogens with zero attached hydrogens (tertiary/aromatic N) is 5. The van der Waals surface area contributed by atoms with Crippen molar-refractivity contribution in [3.63, 3.8) is 0 Å². The number of ketones is 1. The average molecular weight is 425 g/mol. The minimum Gasteiger partial charge on any atom is -0.378 e. The van der Waals surface area contributed by atoms with Crippen LogP contribution in [0.4, 0.5) is 11.5 Å². The number of nitrogens with one attached hydrogen (secondary N) is 1. The smallest absolute Gasteiger partial charge is 0.204 e. The van der Waals surface area contributed by atoms with E-state index in [1.807, 2.05) is 6.92 Å². The molecule has 0 spiro atoms. The highest BCUT2D eigenvalue weighted by Crippen LogP contribution is 2.26. The van der Waals surface area contributed by atoms with E-state index in [-0.39, 0.29) is 0 Å². The SMILES string of the molecule is CCCC(=O)CCCCCNc1nc2cc(N3CCOCC3)ccc2n2c(C)nnc12. The highest BCUT2D eigenvalue weighted by molar-refractivity contribution is 5.85. The predicted molar refractivity (Wildman–Crippen MR) is 123 cm³/mol. The molecule has 1 aliphatic heterocycles. The maximum absolute atomic E-state index is 11.7. The zero-order chi connectivity index (χ0) is 21.6. The summed E-state index contributed by atoms with van der Waals surface area (Å²) in [5.74, 6) is 1.98. The van der Waals surface area contributed by atoms with E-state index >= 15 is 0 Å². The Hall–Kier alpha value is -2.74. The van der Waals surface area contributed by atoms with Crippen molar-refractivity contribution in [1.29, 1.82) is 0 Å². The molecule has 0 radical (unpaired) electrons. The fraction of sp³-hybridized carbons (Fsp3) is 0.565. The zero-order valence-electron chi connectivity index (χ0n) is 18.6. The van der Waals surface area contributed by atoms with Crippen molar-refractivity contribution in [2.45, 2.75) is 52.4 Å². The molecule has 1 aromatic carbocycles. The Morgan fingerprint density at radius 3 is 2.77 bits per heavy atom. The standard InChI is InChI=1S/C23H32N6O2/c1-3-7-19(30)8-5-4-6-11-24-22-23-27-26-17(2)29(23)21-10-9-18(16-20(21)25-22)28-12-14-31-15-13-28/h9-10,16H,3-8,11-15H2,1-2H3,(H,24,25). The third-order valence-electron chi connectivity index (χ3n) is 5.80. The van der Waals surface area contributed by atoms with Crippen LogP contribution in [-0.2, 0) is 9.53 Å². The monoisotopic (exact) mass is 424 g/mol. The number of hydrogen-bond donors (Lipinski definition) is 1. The van der Waals surface area contributed by atoms with Crippen LogP contribution in [0.25, 0.3) is 16.7 Å². The number of morpholine rings is 1. The van der Waals surface area contributed by atoms with Crippen LogP contribution < -0.4 is 10.2 Å². The second kappa shape index (κ2) is 10.0. The highest BCUT2D eigenvalue weighted by atomic mass is 16.5. The molecule has 1 saturated heterocycles. The molecular weight excluding hydrogens is 392 g/mol. The van der Waals surface area contributed by atoms with Crippen LogP contribution in [0.1, 0.15) is 51.3 Å². The summed E-state index contributed by atoms with van der Waals surface area (Å²) in [5, 5.41) is 12.1. The summed E-state index contributed by atoms with van der Waals surface area (Å²) >= 11 is 0. The molecule has 1 aliphatic rings. The first kappa shape index (κ1) is 21.5. The lowest BCUT2D eigenvalue weighted by atomic mass is 10.1. The molecule has 0 saturated carbocycles. The normalized spacial score (nSPS) is 14.5. The van der Waals surface area contributed by atoms with Crippen molar-refractivity contribution < 1.29 is 9.53 Å². The number of rotatable bonds is 10. The second-order valence-electron chi connectivity index (χ2n) is 8.17. The van der Waals surface area contributed by atoms with Crippen molar-refractivity contribution in [3.05, 3.63) is 24.0 Å². The molecule has 0 bridgehead atoms. The predicted octanol–water partition coefficient (Wildman–Crippen LogP) is 3.76. The van der Waals surface area contributed by atoms with E-state index in [1.54, 1.807) is 0 Å². The fourth-order valence-electron chi connectivity index (χ4n) is 4.14. The molecule has 3 heterocycles. The summed E-state index contributed by atoms with van der Waals surface area (Å²) in [4.78, 5) is 18.9. The maximum Gasteiger partial charge on any atom is 0.204 e. The van der Waals surface area contributed by atoms with E-state index in [0.29, 0.717) is 18.6 Å². The first-order chi connectivity index (χ1) is 15.2. The molecule has 4 rings (SSSR count). The number of carbonyl (C=O) groups excluding carboxylic acids is 1. The number of aromatic nitrogens is 4. The number of fused-ring (bicyclic) bond motifs is 3.